The molecule has 9 heteroatoms. The minimum absolute atomic E-state index is 0.00164. The molecule has 7 nitrogen and oxygen atoms in total. The lowest BCUT2D eigenvalue weighted by molar-refractivity contribution is -0.140. The summed E-state index contributed by atoms with van der Waals surface area (Å²) in [6, 6.07) is 22.8. The largest absolute Gasteiger partial charge is 0.352 e. The van der Waals surface area contributed by atoms with Gasteiger partial charge in [-0.2, -0.15) is 0 Å². The second-order valence-electron chi connectivity index (χ2n) is 10.3. The predicted molar refractivity (Wildman–Crippen MR) is 155 cm³/mol. The van der Waals surface area contributed by atoms with E-state index in [1.807, 2.05) is 30.3 Å². The van der Waals surface area contributed by atoms with E-state index in [2.05, 4.69) is 5.32 Å². The molecule has 0 spiro atoms. The fourth-order valence-electron chi connectivity index (χ4n) is 5.12. The summed E-state index contributed by atoms with van der Waals surface area (Å²) >= 11 is 0. The average Bonchev–Trinajstić information content (AvgIpc) is 2.95. The molecule has 0 aliphatic heterocycles. The minimum atomic E-state index is -3.84. The molecule has 3 aromatic carbocycles. The van der Waals surface area contributed by atoms with Gasteiger partial charge in [0.25, 0.3) is 0 Å². The number of para-hydroxylation sites is 1. The SMILES string of the molecule is CS(=O)(=O)N(CC(=O)N(Cc1ccccc1F)[C@@H](Cc1ccccc1)C(=O)NC1CCCCC1)c1ccccc1. The third-order valence-corrected chi connectivity index (χ3v) is 8.39. The molecule has 0 radical (unpaired) electrons. The summed E-state index contributed by atoms with van der Waals surface area (Å²) in [6.45, 7) is -0.715. The Labute approximate surface area is 236 Å². The number of carbonyl (C=O) groups excluding carboxylic acids is 2. The van der Waals surface area contributed by atoms with Crippen molar-refractivity contribution in [3.8, 4) is 0 Å². The van der Waals surface area contributed by atoms with Gasteiger partial charge in [0, 0.05) is 24.6 Å². The zero-order valence-corrected chi connectivity index (χ0v) is 23.5. The number of anilines is 1. The lowest BCUT2D eigenvalue weighted by Gasteiger charge is -2.35. The Morgan fingerprint density at radius 3 is 2.12 bits per heavy atom. The van der Waals surface area contributed by atoms with Gasteiger partial charge in [-0.05, 0) is 36.6 Å². The average molecular weight is 566 g/mol. The number of halogens is 1. The second-order valence-corrected chi connectivity index (χ2v) is 12.2. The van der Waals surface area contributed by atoms with E-state index in [1.54, 1.807) is 48.5 Å². The van der Waals surface area contributed by atoms with Crippen molar-refractivity contribution in [1.82, 2.24) is 10.2 Å². The van der Waals surface area contributed by atoms with Crippen LogP contribution in [0, 0.1) is 5.82 Å². The first-order valence-electron chi connectivity index (χ1n) is 13.6. The van der Waals surface area contributed by atoms with Gasteiger partial charge in [0.05, 0.1) is 11.9 Å². The van der Waals surface area contributed by atoms with Gasteiger partial charge in [-0.15, -0.1) is 0 Å². The standard InChI is InChI=1S/C31H36FN3O4S/c1-40(38,39)35(27-18-9-4-10-19-27)23-30(36)34(22-25-15-11-12-20-28(25)32)29(21-24-13-5-2-6-14-24)31(37)33-26-16-7-3-8-17-26/h2,4-6,9-15,18-20,26,29H,3,7-8,16-17,21-23H2,1H3,(H,33,37)/t29-/m0/s1. The van der Waals surface area contributed by atoms with Crippen LogP contribution in [0.1, 0.15) is 43.2 Å². The quantitative estimate of drug-likeness (QED) is 0.366. The maximum absolute atomic E-state index is 14.8. The highest BCUT2D eigenvalue weighted by Crippen LogP contribution is 2.22. The number of hydrogen-bond donors (Lipinski definition) is 1. The molecule has 0 heterocycles. The van der Waals surface area contributed by atoms with Crippen LogP contribution in [0.2, 0.25) is 0 Å². The highest BCUT2D eigenvalue weighted by molar-refractivity contribution is 7.92. The molecule has 40 heavy (non-hydrogen) atoms. The number of nitrogens with one attached hydrogen (secondary N) is 1. The van der Waals surface area contributed by atoms with Crippen LogP contribution in [-0.2, 0) is 32.6 Å². The number of rotatable bonds is 11. The Kier molecular flexibility index (Phi) is 9.93. The molecular formula is C31H36FN3O4S. The Morgan fingerprint density at radius 2 is 1.50 bits per heavy atom. The highest BCUT2D eigenvalue weighted by atomic mass is 32.2. The van der Waals surface area contributed by atoms with Crippen molar-refractivity contribution in [3.05, 3.63) is 102 Å². The van der Waals surface area contributed by atoms with Gasteiger partial charge in [-0.1, -0.05) is 86.0 Å². The topological polar surface area (TPSA) is 86.8 Å². The molecule has 1 N–H and O–H groups in total. The van der Waals surface area contributed by atoms with Crippen LogP contribution in [0.5, 0.6) is 0 Å². The Hall–Kier alpha value is -3.72. The van der Waals surface area contributed by atoms with Crippen molar-refractivity contribution < 1.29 is 22.4 Å². The summed E-state index contributed by atoms with van der Waals surface area (Å²) in [5.74, 6) is -1.43. The second kappa shape index (κ2) is 13.6. The van der Waals surface area contributed by atoms with Crippen molar-refractivity contribution in [2.24, 2.45) is 0 Å². The van der Waals surface area contributed by atoms with E-state index in [-0.39, 0.29) is 30.5 Å². The van der Waals surface area contributed by atoms with Crippen LogP contribution in [-0.4, -0.2) is 50.0 Å². The van der Waals surface area contributed by atoms with E-state index in [4.69, 9.17) is 0 Å². The zero-order chi connectivity index (χ0) is 28.5. The lowest BCUT2D eigenvalue weighted by Crippen LogP contribution is -2.55. The Morgan fingerprint density at radius 1 is 0.900 bits per heavy atom. The van der Waals surface area contributed by atoms with Gasteiger partial charge in [-0.3, -0.25) is 13.9 Å². The normalized spacial score (nSPS) is 14.8. The van der Waals surface area contributed by atoms with Gasteiger partial charge in [-0.25, -0.2) is 12.8 Å². The number of benzene rings is 3. The molecule has 1 aliphatic carbocycles. The fraction of sp³-hybridized carbons (Fsp3) is 0.355. The van der Waals surface area contributed by atoms with Crippen molar-refractivity contribution in [1.29, 1.82) is 0 Å². The van der Waals surface area contributed by atoms with Crippen LogP contribution in [0.15, 0.2) is 84.9 Å². The van der Waals surface area contributed by atoms with Gasteiger partial charge >= 0.3 is 0 Å². The Balaban J connectivity index is 1.72. The number of sulfonamides is 1. The van der Waals surface area contributed by atoms with Crippen molar-refractivity contribution >= 4 is 27.5 Å². The lowest BCUT2D eigenvalue weighted by atomic mass is 9.94. The van der Waals surface area contributed by atoms with E-state index < -0.39 is 34.3 Å². The summed E-state index contributed by atoms with van der Waals surface area (Å²) in [6.07, 6.45) is 6.12. The molecule has 1 fully saturated rings. The third-order valence-electron chi connectivity index (χ3n) is 7.24. The minimum Gasteiger partial charge on any atom is -0.352 e. The molecular weight excluding hydrogens is 529 g/mol. The number of nitrogens with zero attached hydrogens (tertiary/aromatic N) is 2. The fourth-order valence-corrected chi connectivity index (χ4v) is 5.97. The van der Waals surface area contributed by atoms with Crippen LogP contribution >= 0.6 is 0 Å². The van der Waals surface area contributed by atoms with Crippen molar-refractivity contribution in [2.45, 2.75) is 57.2 Å². The summed E-state index contributed by atoms with van der Waals surface area (Å²) in [5.41, 5.74) is 1.40. The highest BCUT2D eigenvalue weighted by Gasteiger charge is 2.34. The maximum atomic E-state index is 14.8. The van der Waals surface area contributed by atoms with Crippen LogP contribution in [0.25, 0.3) is 0 Å². The summed E-state index contributed by atoms with van der Waals surface area (Å²) < 4.78 is 41.4. The summed E-state index contributed by atoms with van der Waals surface area (Å²) in [5, 5.41) is 3.13. The third kappa shape index (κ3) is 7.91. The number of carbonyl (C=O) groups is 2. The molecule has 1 saturated carbocycles. The van der Waals surface area contributed by atoms with Crippen LogP contribution in [0.4, 0.5) is 10.1 Å². The first-order valence-corrected chi connectivity index (χ1v) is 15.5. The van der Waals surface area contributed by atoms with E-state index in [1.165, 1.54) is 11.0 Å². The molecule has 0 bridgehead atoms. The van der Waals surface area contributed by atoms with E-state index in [0.717, 1.165) is 48.2 Å². The molecule has 0 saturated heterocycles. The number of amides is 2. The first-order chi connectivity index (χ1) is 19.2. The van der Waals surface area contributed by atoms with Gasteiger partial charge in [0.15, 0.2) is 0 Å². The zero-order valence-electron chi connectivity index (χ0n) is 22.7. The molecule has 4 rings (SSSR count). The summed E-state index contributed by atoms with van der Waals surface area (Å²) in [4.78, 5) is 29.2. The molecule has 1 aliphatic rings. The molecule has 212 valence electrons. The van der Waals surface area contributed by atoms with E-state index in [9.17, 15) is 22.4 Å². The van der Waals surface area contributed by atoms with Gasteiger partial charge in [0.2, 0.25) is 21.8 Å². The summed E-state index contributed by atoms with van der Waals surface area (Å²) in [7, 11) is -3.84. The van der Waals surface area contributed by atoms with Crippen LogP contribution in [0.3, 0.4) is 0 Å². The molecule has 3 aromatic rings. The molecule has 1 atom stereocenters. The molecule has 2 amide bonds. The van der Waals surface area contributed by atoms with E-state index >= 15 is 0 Å². The van der Waals surface area contributed by atoms with Crippen LogP contribution < -0.4 is 9.62 Å². The monoisotopic (exact) mass is 565 g/mol. The van der Waals surface area contributed by atoms with E-state index in [0.29, 0.717) is 5.69 Å². The van der Waals surface area contributed by atoms with Crippen molar-refractivity contribution in [2.75, 3.05) is 17.1 Å². The molecule has 0 aromatic heterocycles. The Bertz CT molecular complexity index is 1380. The number of hydrogen-bond acceptors (Lipinski definition) is 4. The van der Waals surface area contributed by atoms with Gasteiger partial charge < -0.3 is 10.2 Å². The predicted octanol–water partition coefficient (Wildman–Crippen LogP) is 4.68. The molecule has 0 unspecified atom stereocenters. The first kappa shape index (κ1) is 29.3. The smallest absolute Gasteiger partial charge is 0.244 e. The van der Waals surface area contributed by atoms with Gasteiger partial charge in [0.1, 0.15) is 18.4 Å². The van der Waals surface area contributed by atoms with Crippen molar-refractivity contribution in [3.63, 3.8) is 0 Å². The maximum Gasteiger partial charge on any atom is 0.244 e.